The zero-order valence-corrected chi connectivity index (χ0v) is 9.65. The Morgan fingerprint density at radius 3 is 2.35 bits per heavy atom. The largest absolute Gasteiger partial charge is 0.481 e. The Hall–Kier alpha value is -1.71. The Balaban J connectivity index is 2.66. The fraction of sp³-hybridized carbons (Fsp3) is 0.385. The summed E-state index contributed by atoms with van der Waals surface area (Å²) in [5.41, 5.74) is 0.844. The van der Waals surface area contributed by atoms with Gasteiger partial charge in [-0.25, -0.2) is 4.39 Å². The highest BCUT2D eigenvalue weighted by Crippen LogP contribution is 2.15. The maximum atomic E-state index is 12.7. The van der Waals surface area contributed by atoms with Crippen molar-refractivity contribution < 1.29 is 19.1 Å². The summed E-state index contributed by atoms with van der Waals surface area (Å²) in [6.07, 6.45) is 0.603. The molecule has 92 valence electrons. The van der Waals surface area contributed by atoms with Gasteiger partial charge < -0.3 is 5.11 Å². The maximum absolute atomic E-state index is 12.7. The van der Waals surface area contributed by atoms with Gasteiger partial charge in [0.2, 0.25) is 0 Å². The molecule has 0 saturated carbocycles. The molecule has 1 aromatic carbocycles. The maximum Gasteiger partial charge on any atom is 0.310 e. The third-order valence-electron chi connectivity index (χ3n) is 2.67. The zero-order valence-electron chi connectivity index (χ0n) is 9.65. The number of rotatable bonds is 6. The number of ketones is 1. The van der Waals surface area contributed by atoms with Gasteiger partial charge in [0.15, 0.2) is 0 Å². The van der Waals surface area contributed by atoms with Crippen LogP contribution in [0.2, 0.25) is 0 Å². The first-order valence-corrected chi connectivity index (χ1v) is 5.52. The van der Waals surface area contributed by atoms with Crippen molar-refractivity contribution in [3.8, 4) is 0 Å². The number of carbonyl (C=O) groups excluding carboxylic acids is 1. The van der Waals surface area contributed by atoms with E-state index in [1.165, 1.54) is 12.1 Å². The van der Waals surface area contributed by atoms with Gasteiger partial charge in [-0.1, -0.05) is 19.1 Å². The van der Waals surface area contributed by atoms with Gasteiger partial charge in [0.25, 0.3) is 0 Å². The van der Waals surface area contributed by atoms with Crippen LogP contribution in [0.25, 0.3) is 0 Å². The van der Waals surface area contributed by atoms with Crippen LogP contribution >= 0.6 is 0 Å². The van der Waals surface area contributed by atoms with E-state index in [4.69, 9.17) is 5.11 Å². The van der Waals surface area contributed by atoms with Crippen LogP contribution in [0.1, 0.15) is 25.3 Å². The quantitative estimate of drug-likeness (QED) is 0.774. The molecule has 3 nitrogen and oxygen atoms in total. The minimum atomic E-state index is -1.10. The first-order chi connectivity index (χ1) is 8.02. The molecule has 0 amide bonds. The van der Waals surface area contributed by atoms with Gasteiger partial charge in [-0.3, -0.25) is 9.59 Å². The molecule has 0 aromatic heterocycles. The van der Waals surface area contributed by atoms with Crippen LogP contribution in [0, 0.1) is 11.7 Å². The SMILES string of the molecule is CCC(Cc1ccc(F)cc1)C(=O)CC(=O)O. The second-order valence-corrected chi connectivity index (χ2v) is 3.97. The van der Waals surface area contributed by atoms with E-state index in [1.54, 1.807) is 12.1 Å². The monoisotopic (exact) mass is 238 g/mol. The minimum Gasteiger partial charge on any atom is -0.481 e. The Morgan fingerprint density at radius 2 is 1.88 bits per heavy atom. The number of hydrogen-bond donors (Lipinski definition) is 1. The van der Waals surface area contributed by atoms with Crippen molar-refractivity contribution in [3.05, 3.63) is 35.6 Å². The number of Topliss-reactive ketones (excluding diaryl/α,β-unsaturated/α-hetero) is 1. The van der Waals surface area contributed by atoms with Gasteiger partial charge in [0, 0.05) is 5.92 Å². The summed E-state index contributed by atoms with van der Waals surface area (Å²) in [7, 11) is 0. The molecule has 1 unspecified atom stereocenters. The molecule has 0 saturated heterocycles. The molecular weight excluding hydrogens is 223 g/mol. The average molecular weight is 238 g/mol. The second kappa shape index (κ2) is 6.13. The summed E-state index contributed by atoms with van der Waals surface area (Å²) < 4.78 is 12.7. The van der Waals surface area contributed by atoms with Crippen LogP contribution in [-0.2, 0) is 16.0 Å². The highest BCUT2D eigenvalue weighted by molar-refractivity contribution is 5.96. The number of aliphatic carboxylic acids is 1. The van der Waals surface area contributed by atoms with Crippen molar-refractivity contribution in [2.75, 3.05) is 0 Å². The molecule has 1 N–H and O–H groups in total. The van der Waals surface area contributed by atoms with Crippen LogP contribution in [0.4, 0.5) is 4.39 Å². The fourth-order valence-electron chi connectivity index (χ4n) is 1.68. The topological polar surface area (TPSA) is 54.4 Å². The Morgan fingerprint density at radius 1 is 1.29 bits per heavy atom. The van der Waals surface area contributed by atoms with Crippen LogP contribution in [0.15, 0.2) is 24.3 Å². The van der Waals surface area contributed by atoms with Crippen molar-refractivity contribution in [3.63, 3.8) is 0 Å². The summed E-state index contributed by atoms with van der Waals surface area (Å²) in [6, 6.07) is 5.91. The Kier molecular flexibility index (Phi) is 4.82. The van der Waals surface area contributed by atoms with Crippen molar-refractivity contribution in [1.82, 2.24) is 0 Å². The van der Waals surface area contributed by atoms with E-state index < -0.39 is 12.4 Å². The minimum absolute atomic E-state index is 0.274. The van der Waals surface area contributed by atoms with Crippen molar-refractivity contribution in [2.45, 2.75) is 26.2 Å². The fourth-order valence-corrected chi connectivity index (χ4v) is 1.68. The molecular formula is C13H15FO3. The number of benzene rings is 1. The molecule has 0 radical (unpaired) electrons. The highest BCUT2D eigenvalue weighted by atomic mass is 19.1. The molecule has 0 aliphatic carbocycles. The summed E-state index contributed by atoms with van der Waals surface area (Å²) in [5, 5.41) is 8.56. The van der Waals surface area contributed by atoms with Gasteiger partial charge in [0.05, 0.1) is 0 Å². The van der Waals surface area contributed by atoms with E-state index >= 15 is 0 Å². The van der Waals surface area contributed by atoms with E-state index in [0.717, 1.165) is 5.56 Å². The zero-order chi connectivity index (χ0) is 12.8. The molecule has 0 spiro atoms. The third kappa shape index (κ3) is 4.34. The average Bonchev–Trinajstić information content (AvgIpc) is 2.27. The number of carbonyl (C=O) groups is 2. The van der Waals surface area contributed by atoms with Crippen molar-refractivity contribution >= 4 is 11.8 Å². The normalized spacial score (nSPS) is 12.1. The summed E-state index contributed by atoms with van der Waals surface area (Å²) >= 11 is 0. The number of carboxylic acids is 1. The second-order valence-electron chi connectivity index (χ2n) is 3.97. The van der Waals surface area contributed by atoms with Crippen LogP contribution < -0.4 is 0 Å². The molecule has 1 rings (SSSR count). The van der Waals surface area contributed by atoms with Crippen LogP contribution in [-0.4, -0.2) is 16.9 Å². The van der Waals surface area contributed by atoms with Gasteiger partial charge in [-0.15, -0.1) is 0 Å². The van der Waals surface area contributed by atoms with E-state index in [1.807, 2.05) is 6.92 Å². The van der Waals surface area contributed by atoms with Gasteiger partial charge >= 0.3 is 5.97 Å². The first-order valence-electron chi connectivity index (χ1n) is 5.52. The predicted molar refractivity (Wildman–Crippen MR) is 61.1 cm³/mol. The van der Waals surface area contributed by atoms with E-state index in [-0.39, 0.29) is 17.5 Å². The Bertz CT molecular complexity index is 398. The molecule has 17 heavy (non-hydrogen) atoms. The Labute approximate surface area is 99.3 Å². The molecule has 0 bridgehead atoms. The summed E-state index contributed by atoms with van der Waals surface area (Å²) in [5.74, 6) is -2.01. The first kappa shape index (κ1) is 13.4. The third-order valence-corrected chi connectivity index (χ3v) is 2.67. The summed E-state index contributed by atoms with van der Waals surface area (Å²) in [6.45, 7) is 1.84. The standard InChI is InChI=1S/C13H15FO3/c1-2-10(12(15)8-13(16)17)7-9-3-5-11(14)6-4-9/h3-6,10H,2,7-8H2,1H3,(H,16,17). The predicted octanol–water partition coefficient (Wildman–Crippen LogP) is 2.44. The lowest BCUT2D eigenvalue weighted by Gasteiger charge is -2.12. The molecule has 0 aliphatic heterocycles. The molecule has 0 fully saturated rings. The van der Waals surface area contributed by atoms with Gasteiger partial charge in [-0.2, -0.15) is 0 Å². The summed E-state index contributed by atoms with van der Waals surface area (Å²) in [4.78, 5) is 22.1. The van der Waals surface area contributed by atoms with Gasteiger partial charge in [0.1, 0.15) is 18.0 Å². The molecule has 0 aliphatic rings. The number of hydrogen-bond acceptors (Lipinski definition) is 2. The smallest absolute Gasteiger partial charge is 0.310 e. The molecule has 1 aromatic rings. The lowest BCUT2D eigenvalue weighted by molar-refractivity contribution is -0.141. The van der Waals surface area contributed by atoms with Crippen molar-refractivity contribution in [2.24, 2.45) is 5.92 Å². The molecule has 1 atom stereocenters. The lowest BCUT2D eigenvalue weighted by Crippen LogP contribution is -2.19. The van der Waals surface area contributed by atoms with E-state index in [9.17, 15) is 14.0 Å². The molecule has 0 heterocycles. The van der Waals surface area contributed by atoms with Crippen LogP contribution in [0.5, 0.6) is 0 Å². The van der Waals surface area contributed by atoms with Crippen LogP contribution in [0.3, 0.4) is 0 Å². The van der Waals surface area contributed by atoms with E-state index in [0.29, 0.717) is 12.8 Å². The number of carboxylic acid groups (broad SMARTS) is 1. The van der Waals surface area contributed by atoms with Crippen molar-refractivity contribution in [1.29, 1.82) is 0 Å². The highest BCUT2D eigenvalue weighted by Gasteiger charge is 2.19. The number of halogens is 1. The molecule has 4 heteroatoms. The lowest BCUT2D eigenvalue weighted by atomic mass is 9.91. The van der Waals surface area contributed by atoms with Gasteiger partial charge in [-0.05, 0) is 30.5 Å². The van der Waals surface area contributed by atoms with E-state index in [2.05, 4.69) is 0 Å².